The summed E-state index contributed by atoms with van der Waals surface area (Å²) in [5, 5.41) is 8.12. The minimum atomic E-state index is -0.232. The van der Waals surface area contributed by atoms with Gasteiger partial charge in [-0.25, -0.2) is 4.68 Å². The van der Waals surface area contributed by atoms with Crippen molar-refractivity contribution in [2.45, 2.75) is 18.9 Å². The summed E-state index contributed by atoms with van der Waals surface area (Å²) >= 11 is 0. The first-order valence-corrected chi connectivity index (χ1v) is 8.88. The van der Waals surface area contributed by atoms with Crippen molar-refractivity contribution in [1.29, 1.82) is 0 Å². The van der Waals surface area contributed by atoms with Crippen molar-refractivity contribution < 1.29 is 4.79 Å². The molecule has 0 saturated carbocycles. The normalized spacial score (nSPS) is 21.4. The Hall–Kier alpha value is -3.21. The molecule has 2 atom stereocenters. The summed E-state index contributed by atoms with van der Waals surface area (Å²) in [7, 11) is 0. The van der Waals surface area contributed by atoms with Crippen LogP contribution in [0, 0.1) is 5.92 Å². The Kier molecular flexibility index (Phi) is 3.45. The molecule has 0 amide bonds. The second kappa shape index (κ2) is 5.95. The van der Waals surface area contributed by atoms with Crippen LogP contribution in [0.4, 0.5) is 5.95 Å². The molecule has 5 nitrogen and oxygen atoms in total. The summed E-state index contributed by atoms with van der Waals surface area (Å²) in [6, 6.07) is 19.9. The molecule has 5 rings (SSSR count). The molecule has 1 aromatic heterocycles. The van der Waals surface area contributed by atoms with E-state index in [1.807, 2.05) is 53.2 Å². The van der Waals surface area contributed by atoms with Crippen LogP contribution in [0.1, 0.15) is 24.4 Å². The van der Waals surface area contributed by atoms with Gasteiger partial charge in [-0.05, 0) is 12.0 Å². The highest BCUT2D eigenvalue weighted by Gasteiger charge is 2.41. The zero-order valence-corrected chi connectivity index (χ0v) is 14.2. The number of hydrogen-bond acceptors (Lipinski definition) is 4. The molecule has 128 valence electrons. The fraction of sp³-hybridized carbons (Fsp3) is 0.190. The van der Waals surface area contributed by atoms with Gasteiger partial charge in [-0.3, -0.25) is 4.79 Å². The molecule has 2 unspecified atom stereocenters. The lowest BCUT2D eigenvalue weighted by Crippen LogP contribution is -2.38. The number of rotatable bonds is 2. The third kappa shape index (κ3) is 2.36. The molecule has 1 aliphatic carbocycles. The van der Waals surface area contributed by atoms with E-state index in [1.165, 1.54) is 0 Å². The molecule has 3 aromatic rings. The highest BCUT2D eigenvalue weighted by atomic mass is 16.1. The van der Waals surface area contributed by atoms with E-state index in [4.69, 9.17) is 10.1 Å². The number of carbonyl (C=O) groups excluding carboxylic acids is 1. The van der Waals surface area contributed by atoms with Gasteiger partial charge >= 0.3 is 0 Å². The summed E-state index contributed by atoms with van der Waals surface area (Å²) in [6.07, 6.45) is 3.48. The van der Waals surface area contributed by atoms with Crippen LogP contribution in [0.15, 0.2) is 72.4 Å². The van der Waals surface area contributed by atoms with Crippen molar-refractivity contribution in [3.05, 3.63) is 78.0 Å². The molecular formula is C21H18N4O. The van der Waals surface area contributed by atoms with Gasteiger partial charge in [0.05, 0.1) is 12.0 Å². The molecule has 0 radical (unpaired) electrons. The number of anilines is 1. The molecule has 0 bridgehead atoms. The summed E-state index contributed by atoms with van der Waals surface area (Å²) in [4.78, 5) is 17.5. The maximum atomic E-state index is 12.8. The minimum Gasteiger partial charge on any atom is -0.328 e. The summed E-state index contributed by atoms with van der Waals surface area (Å²) in [5.74, 6) is 1.38. The van der Waals surface area contributed by atoms with E-state index in [-0.39, 0.29) is 17.7 Å². The second-order valence-electron chi connectivity index (χ2n) is 6.69. The lowest BCUT2D eigenvalue weighted by atomic mass is 9.81. The number of hydrogen-bond donors (Lipinski definition) is 1. The predicted molar refractivity (Wildman–Crippen MR) is 99.5 cm³/mol. The van der Waals surface area contributed by atoms with Crippen molar-refractivity contribution in [3.63, 3.8) is 0 Å². The maximum absolute atomic E-state index is 12.8. The van der Waals surface area contributed by atoms with Crippen LogP contribution in [0.3, 0.4) is 0 Å². The molecule has 0 fully saturated rings. The average Bonchev–Trinajstić information content (AvgIpc) is 3.12. The van der Waals surface area contributed by atoms with Gasteiger partial charge in [-0.2, -0.15) is 4.98 Å². The lowest BCUT2D eigenvalue weighted by molar-refractivity contribution is -0.123. The van der Waals surface area contributed by atoms with Crippen LogP contribution in [0.5, 0.6) is 0 Å². The Labute approximate surface area is 151 Å². The molecule has 2 aromatic carbocycles. The Morgan fingerprint density at radius 2 is 1.73 bits per heavy atom. The van der Waals surface area contributed by atoms with Crippen LogP contribution in [0.25, 0.3) is 11.4 Å². The van der Waals surface area contributed by atoms with Crippen LogP contribution in [-0.4, -0.2) is 20.5 Å². The quantitative estimate of drug-likeness (QED) is 0.769. The highest BCUT2D eigenvalue weighted by Crippen LogP contribution is 2.41. The Balaban J connectivity index is 1.69. The van der Waals surface area contributed by atoms with Crippen LogP contribution < -0.4 is 5.32 Å². The Bertz CT molecular complexity index is 991. The first-order chi connectivity index (χ1) is 12.8. The SMILES string of the molecule is O=C1CCC=C2Nc3nc(-c4ccccc4)nn3C(c3ccccc3)C12. The number of carbonyl (C=O) groups is 1. The number of Topliss-reactive ketones (excluding diaryl/α,β-unsaturated/α-hetero) is 1. The minimum absolute atomic E-state index is 0.170. The van der Waals surface area contributed by atoms with E-state index in [0.29, 0.717) is 18.2 Å². The monoisotopic (exact) mass is 342 g/mol. The number of benzene rings is 2. The Morgan fingerprint density at radius 3 is 2.50 bits per heavy atom. The lowest BCUT2D eigenvalue weighted by Gasteiger charge is -2.36. The van der Waals surface area contributed by atoms with E-state index < -0.39 is 0 Å². The number of allylic oxidation sites excluding steroid dienone is 2. The topological polar surface area (TPSA) is 59.8 Å². The number of nitrogens with zero attached hydrogens (tertiary/aromatic N) is 3. The van der Waals surface area contributed by atoms with Gasteiger partial charge in [0.1, 0.15) is 5.78 Å². The predicted octanol–water partition coefficient (Wildman–Crippen LogP) is 3.82. The van der Waals surface area contributed by atoms with Crippen molar-refractivity contribution in [3.8, 4) is 11.4 Å². The average molecular weight is 342 g/mol. The van der Waals surface area contributed by atoms with Crippen molar-refractivity contribution >= 4 is 11.7 Å². The fourth-order valence-corrected chi connectivity index (χ4v) is 3.87. The zero-order valence-electron chi connectivity index (χ0n) is 14.2. The second-order valence-corrected chi connectivity index (χ2v) is 6.69. The molecule has 2 heterocycles. The smallest absolute Gasteiger partial charge is 0.226 e. The van der Waals surface area contributed by atoms with Gasteiger partial charge in [0.15, 0.2) is 5.82 Å². The molecule has 5 heteroatoms. The number of fused-ring (bicyclic) bond motifs is 2. The molecule has 0 saturated heterocycles. The standard InChI is InChI=1S/C21H18N4O/c26-17-13-7-12-16-18(17)19(14-8-3-1-4-9-14)25-21(22-16)23-20(24-25)15-10-5-2-6-11-15/h1-6,8-12,18-19H,7,13H2,(H,22,23,24). The number of aromatic nitrogens is 3. The highest BCUT2D eigenvalue weighted by molar-refractivity contribution is 5.87. The first kappa shape index (κ1) is 15.1. The molecule has 2 aliphatic rings. The number of nitrogens with one attached hydrogen (secondary N) is 1. The van der Waals surface area contributed by atoms with Crippen molar-refractivity contribution in [2.75, 3.05) is 5.32 Å². The number of ketones is 1. The third-order valence-electron chi connectivity index (χ3n) is 5.08. The van der Waals surface area contributed by atoms with Crippen LogP contribution >= 0.6 is 0 Å². The summed E-state index contributed by atoms with van der Waals surface area (Å²) in [6.45, 7) is 0. The van der Waals surface area contributed by atoms with Gasteiger partial charge in [-0.1, -0.05) is 66.7 Å². The van der Waals surface area contributed by atoms with Gasteiger partial charge in [0, 0.05) is 17.7 Å². The largest absolute Gasteiger partial charge is 0.328 e. The van der Waals surface area contributed by atoms with E-state index in [0.717, 1.165) is 23.2 Å². The zero-order chi connectivity index (χ0) is 17.5. The van der Waals surface area contributed by atoms with Crippen molar-refractivity contribution in [2.24, 2.45) is 5.92 Å². The molecule has 1 N–H and O–H groups in total. The van der Waals surface area contributed by atoms with Crippen molar-refractivity contribution in [1.82, 2.24) is 14.8 Å². The van der Waals surface area contributed by atoms with E-state index in [1.54, 1.807) is 0 Å². The molecular weight excluding hydrogens is 324 g/mol. The summed E-state index contributed by atoms with van der Waals surface area (Å²) in [5.41, 5.74) is 2.99. The summed E-state index contributed by atoms with van der Waals surface area (Å²) < 4.78 is 1.88. The molecule has 1 aliphatic heterocycles. The van der Waals surface area contributed by atoms with Gasteiger partial charge in [-0.15, -0.1) is 5.10 Å². The third-order valence-corrected chi connectivity index (χ3v) is 5.08. The fourth-order valence-electron chi connectivity index (χ4n) is 3.87. The van der Waals surface area contributed by atoms with E-state index in [2.05, 4.69) is 23.5 Å². The van der Waals surface area contributed by atoms with Gasteiger partial charge < -0.3 is 5.32 Å². The van der Waals surface area contributed by atoms with E-state index in [9.17, 15) is 4.79 Å². The molecule has 0 spiro atoms. The van der Waals surface area contributed by atoms with Crippen LogP contribution in [-0.2, 0) is 4.79 Å². The van der Waals surface area contributed by atoms with Crippen LogP contribution in [0.2, 0.25) is 0 Å². The van der Waals surface area contributed by atoms with Gasteiger partial charge in [0.25, 0.3) is 0 Å². The first-order valence-electron chi connectivity index (χ1n) is 8.88. The molecule has 26 heavy (non-hydrogen) atoms. The van der Waals surface area contributed by atoms with Gasteiger partial charge in [0.2, 0.25) is 5.95 Å². The Morgan fingerprint density at radius 1 is 1.00 bits per heavy atom. The van der Waals surface area contributed by atoms with E-state index >= 15 is 0 Å². The maximum Gasteiger partial charge on any atom is 0.226 e.